The topological polar surface area (TPSA) is 74.7 Å². The van der Waals surface area contributed by atoms with Crippen molar-refractivity contribution >= 4 is 25.3 Å². The third-order valence-corrected chi connectivity index (χ3v) is 6.51. The molecule has 3 saturated heterocycles. The summed E-state index contributed by atoms with van der Waals surface area (Å²) in [7, 11) is 0.434. The number of amides is 2. The summed E-state index contributed by atoms with van der Waals surface area (Å²) in [6.45, 7) is 2.62. The summed E-state index contributed by atoms with van der Waals surface area (Å²) in [6.07, 6.45) is 4.29. The number of hydrogen-bond acceptors (Lipinski definition) is 6. The van der Waals surface area contributed by atoms with Gasteiger partial charge in [-0.15, -0.1) is 0 Å². The van der Waals surface area contributed by atoms with Gasteiger partial charge in [-0.1, -0.05) is 35.5 Å². The number of oxime groups is 1. The Morgan fingerprint density at radius 1 is 1.31 bits per heavy atom. The van der Waals surface area contributed by atoms with Crippen LogP contribution in [0.4, 0.5) is 4.79 Å². The highest BCUT2D eigenvalue weighted by molar-refractivity contribution is 6.64. The largest absolute Gasteiger partial charge is 0.387 e. The summed E-state index contributed by atoms with van der Waals surface area (Å²) in [4.78, 5) is 39.6. The van der Waals surface area contributed by atoms with Gasteiger partial charge < -0.3 is 19.3 Å². The van der Waals surface area contributed by atoms with E-state index in [1.165, 1.54) is 0 Å². The van der Waals surface area contributed by atoms with E-state index in [1.807, 2.05) is 35.2 Å². The van der Waals surface area contributed by atoms with Crippen LogP contribution in [0.5, 0.6) is 0 Å². The van der Waals surface area contributed by atoms with Gasteiger partial charge in [-0.25, -0.2) is 4.79 Å². The predicted octanol–water partition coefficient (Wildman–Crippen LogP) is 1.15. The van der Waals surface area contributed by atoms with Crippen LogP contribution in [0.25, 0.3) is 0 Å². The van der Waals surface area contributed by atoms with Gasteiger partial charge in [0, 0.05) is 25.9 Å². The van der Waals surface area contributed by atoms with Gasteiger partial charge in [0.05, 0.1) is 24.0 Å². The van der Waals surface area contributed by atoms with Crippen LogP contribution in [-0.2, 0) is 21.1 Å². The Morgan fingerprint density at radius 2 is 2.17 bits per heavy atom. The van der Waals surface area contributed by atoms with Crippen LogP contribution in [0.15, 0.2) is 35.5 Å². The summed E-state index contributed by atoms with van der Waals surface area (Å²) in [5, 5.41) is 5.96. The van der Waals surface area contributed by atoms with Gasteiger partial charge in [-0.05, 0) is 24.9 Å². The van der Waals surface area contributed by atoms with Gasteiger partial charge in [0.2, 0.25) is 0 Å². The van der Waals surface area contributed by atoms with Crippen LogP contribution in [-0.4, -0.2) is 77.4 Å². The fourth-order valence-electron chi connectivity index (χ4n) is 5.00. The molecule has 0 unspecified atom stereocenters. The number of piperidine rings is 1. The molecular weight excluding hydrogens is 371 g/mol. The lowest BCUT2D eigenvalue weighted by atomic mass is 9.88. The molecule has 4 aliphatic rings. The molecule has 8 nitrogen and oxygen atoms in total. The van der Waals surface area contributed by atoms with Crippen molar-refractivity contribution in [2.75, 3.05) is 19.6 Å². The average Bonchev–Trinajstić information content (AvgIpc) is 3.41. The number of fused-ring (bicyclic) bond motifs is 2. The number of carbonyl (C=O) groups is 2. The maximum absolute atomic E-state index is 13.0. The SMILES string of the molecule is O=CBN1CC[C@@]2(CC([C@@H]3CC[C@@H]4CN3C(=O)N4OCc3ccccc3)=NO2)C1. The van der Waals surface area contributed by atoms with Crippen molar-refractivity contribution in [2.24, 2.45) is 5.16 Å². The first-order valence-corrected chi connectivity index (χ1v) is 10.4. The van der Waals surface area contributed by atoms with Crippen LogP contribution >= 0.6 is 0 Å². The molecule has 5 rings (SSSR count). The van der Waals surface area contributed by atoms with Gasteiger partial charge in [0.25, 0.3) is 7.41 Å². The Balaban J connectivity index is 1.22. The van der Waals surface area contributed by atoms with Gasteiger partial charge >= 0.3 is 6.03 Å². The normalized spacial score (nSPS) is 31.3. The van der Waals surface area contributed by atoms with Crippen molar-refractivity contribution in [3.05, 3.63) is 35.9 Å². The molecule has 1 spiro atoms. The number of hydroxylamine groups is 2. The summed E-state index contributed by atoms with van der Waals surface area (Å²) in [6, 6.07) is 9.88. The van der Waals surface area contributed by atoms with Crippen LogP contribution < -0.4 is 0 Å². The number of benzene rings is 1. The van der Waals surface area contributed by atoms with Crippen molar-refractivity contribution in [2.45, 2.75) is 50.0 Å². The van der Waals surface area contributed by atoms with Gasteiger partial charge in [0.15, 0.2) is 5.60 Å². The average molecular weight is 396 g/mol. The highest BCUT2D eigenvalue weighted by Crippen LogP contribution is 2.38. The summed E-state index contributed by atoms with van der Waals surface area (Å²) in [5.74, 6) is 0. The number of urea groups is 1. The Bertz CT molecular complexity index is 822. The Morgan fingerprint density at radius 3 is 3.00 bits per heavy atom. The number of rotatable bonds is 6. The second-order valence-corrected chi connectivity index (χ2v) is 8.45. The lowest BCUT2D eigenvalue weighted by molar-refractivity contribution is -0.140. The Hall–Kier alpha value is -2.39. The zero-order valence-corrected chi connectivity index (χ0v) is 16.4. The fraction of sp³-hybridized carbons (Fsp3) is 0.550. The minimum absolute atomic E-state index is 0.0245. The highest BCUT2D eigenvalue weighted by Gasteiger charge is 2.52. The lowest BCUT2D eigenvalue weighted by Gasteiger charge is -2.30. The summed E-state index contributed by atoms with van der Waals surface area (Å²) < 4.78 is 0. The van der Waals surface area contributed by atoms with Crippen LogP contribution in [0.1, 0.15) is 31.2 Å². The van der Waals surface area contributed by atoms with Crippen molar-refractivity contribution in [3.63, 3.8) is 0 Å². The molecule has 1 aromatic rings. The van der Waals surface area contributed by atoms with Crippen LogP contribution in [0.3, 0.4) is 0 Å². The van der Waals surface area contributed by atoms with Gasteiger partial charge in [-0.2, -0.15) is 5.06 Å². The lowest BCUT2D eigenvalue weighted by Crippen LogP contribution is -2.46. The molecular formula is C20H25BN4O4. The van der Waals surface area contributed by atoms with E-state index in [-0.39, 0.29) is 23.7 Å². The molecule has 0 aliphatic carbocycles. The second-order valence-electron chi connectivity index (χ2n) is 8.45. The van der Waals surface area contributed by atoms with Crippen molar-refractivity contribution in [1.29, 1.82) is 0 Å². The molecule has 2 amide bonds. The molecule has 29 heavy (non-hydrogen) atoms. The van der Waals surface area contributed by atoms with E-state index in [2.05, 4.69) is 9.97 Å². The molecule has 9 heteroatoms. The molecule has 1 aromatic carbocycles. The first-order chi connectivity index (χ1) is 14.2. The zero-order valence-electron chi connectivity index (χ0n) is 16.4. The molecule has 0 radical (unpaired) electrons. The first kappa shape index (κ1) is 18.6. The number of hydrogen-bond donors (Lipinski definition) is 0. The second kappa shape index (κ2) is 7.46. The third kappa shape index (κ3) is 3.42. The van der Waals surface area contributed by atoms with E-state index in [9.17, 15) is 9.59 Å². The smallest absolute Gasteiger partial charge is 0.344 e. The summed E-state index contributed by atoms with van der Waals surface area (Å²) in [5.41, 5.74) is 1.67. The monoisotopic (exact) mass is 396 g/mol. The van der Waals surface area contributed by atoms with E-state index in [0.717, 1.165) is 49.7 Å². The molecule has 0 aromatic heterocycles. The zero-order chi connectivity index (χ0) is 19.8. The molecule has 0 N–H and O–H groups in total. The fourth-order valence-corrected chi connectivity index (χ4v) is 5.00. The molecule has 0 saturated carbocycles. The minimum Gasteiger partial charge on any atom is -0.387 e. The minimum atomic E-state index is -0.332. The molecule has 4 heterocycles. The standard InChI is InChI=1S/C20H25BN4O4/c26-14-21-23-9-8-20(13-23)10-17(22-29-20)18-7-6-16-11-24(18)19(27)25(16)28-12-15-4-2-1-3-5-15/h1-5,14,16,18,21H,6-13H2/t16-,18+,20-/m1/s1. The van der Waals surface area contributed by atoms with Crippen molar-refractivity contribution < 1.29 is 19.3 Å². The van der Waals surface area contributed by atoms with Crippen LogP contribution in [0, 0.1) is 0 Å². The molecule has 3 atom stereocenters. The number of nitrogens with zero attached hydrogens (tertiary/aromatic N) is 4. The first-order valence-electron chi connectivity index (χ1n) is 10.4. The van der Waals surface area contributed by atoms with E-state index >= 15 is 0 Å². The van der Waals surface area contributed by atoms with E-state index in [1.54, 1.807) is 5.06 Å². The molecule has 152 valence electrons. The van der Waals surface area contributed by atoms with E-state index < -0.39 is 0 Å². The molecule has 4 aliphatic heterocycles. The van der Waals surface area contributed by atoms with E-state index in [4.69, 9.17) is 9.68 Å². The Labute approximate surface area is 170 Å². The van der Waals surface area contributed by atoms with Crippen molar-refractivity contribution in [3.8, 4) is 0 Å². The Kier molecular flexibility index (Phi) is 4.79. The van der Waals surface area contributed by atoms with E-state index in [0.29, 0.717) is 27.1 Å². The maximum Gasteiger partial charge on any atom is 0.344 e. The predicted molar refractivity (Wildman–Crippen MR) is 108 cm³/mol. The van der Waals surface area contributed by atoms with Gasteiger partial charge in [0.1, 0.15) is 6.61 Å². The number of carbonyl (C=O) groups excluding carboxylic acids is 2. The third-order valence-electron chi connectivity index (χ3n) is 6.51. The van der Waals surface area contributed by atoms with Gasteiger partial charge in [-0.3, -0.25) is 4.84 Å². The quantitative estimate of drug-likeness (QED) is 0.533. The van der Waals surface area contributed by atoms with Crippen molar-refractivity contribution in [1.82, 2.24) is 14.8 Å². The molecule has 3 fully saturated rings. The molecule has 2 bridgehead atoms. The van der Waals surface area contributed by atoms with Crippen LogP contribution in [0.2, 0.25) is 0 Å². The highest BCUT2D eigenvalue weighted by atomic mass is 16.7. The summed E-state index contributed by atoms with van der Waals surface area (Å²) >= 11 is 0. The maximum atomic E-state index is 13.0.